The fourth-order valence-corrected chi connectivity index (χ4v) is 0.985. The zero-order valence-electron chi connectivity index (χ0n) is 11.3. The Morgan fingerprint density at radius 2 is 1.71 bits per heavy atom. The zero-order chi connectivity index (χ0) is 13.8. The van der Waals surface area contributed by atoms with Crippen LogP contribution in [-0.4, -0.2) is 30.3 Å². The molecule has 0 aromatic carbocycles. The number of hydrogen-bond donors (Lipinski definition) is 1. The van der Waals surface area contributed by atoms with Crippen molar-refractivity contribution < 1.29 is 19.1 Å². The highest BCUT2D eigenvalue weighted by Crippen LogP contribution is 1.92. The first-order valence-corrected chi connectivity index (χ1v) is 6.03. The number of carbonyl (C=O) groups excluding carboxylic acids is 3. The van der Waals surface area contributed by atoms with Crippen LogP contribution < -0.4 is 5.32 Å². The fourth-order valence-electron chi connectivity index (χ4n) is 0.985. The summed E-state index contributed by atoms with van der Waals surface area (Å²) < 4.78 is 4.53. The minimum Gasteiger partial charge on any atom is -0.460 e. The van der Waals surface area contributed by atoms with Crippen LogP contribution >= 0.6 is 0 Å². The van der Waals surface area contributed by atoms with E-state index in [-0.39, 0.29) is 12.5 Å². The highest BCUT2D eigenvalue weighted by atomic mass is 16.5. The van der Waals surface area contributed by atoms with Crippen molar-refractivity contribution in [1.29, 1.82) is 0 Å². The summed E-state index contributed by atoms with van der Waals surface area (Å²) >= 11 is 0. The molecule has 0 aliphatic heterocycles. The molecule has 0 aromatic rings. The van der Waals surface area contributed by atoms with Gasteiger partial charge in [0.2, 0.25) is 5.91 Å². The Bertz CT molecular complexity index is 251. The molecule has 0 fully saturated rings. The van der Waals surface area contributed by atoms with Crippen molar-refractivity contribution in [3.8, 4) is 0 Å². The quantitative estimate of drug-likeness (QED) is 0.568. The molecule has 5 nitrogen and oxygen atoms in total. The van der Waals surface area contributed by atoms with Crippen molar-refractivity contribution in [3.05, 3.63) is 0 Å². The Kier molecular flexibility index (Phi) is 11.8. The number of esters is 1. The van der Waals surface area contributed by atoms with Gasteiger partial charge >= 0.3 is 5.97 Å². The second kappa shape index (κ2) is 11.1. The van der Waals surface area contributed by atoms with Crippen molar-refractivity contribution in [1.82, 2.24) is 5.32 Å². The molecular weight excluding hydrogens is 222 g/mol. The second-order valence-corrected chi connectivity index (χ2v) is 3.12. The number of ether oxygens (including phenoxy) is 1. The molecule has 0 spiro atoms. The normalized spacial score (nSPS) is 10.6. The van der Waals surface area contributed by atoms with E-state index < -0.39 is 17.8 Å². The molecule has 0 rings (SSSR count). The molecule has 0 aliphatic rings. The summed E-state index contributed by atoms with van der Waals surface area (Å²) in [5, 5.41) is 2.43. The van der Waals surface area contributed by atoms with Gasteiger partial charge in [-0.2, -0.15) is 0 Å². The summed E-state index contributed by atoms with van der Waals surface area (Å²) in [7, 11) is 0. The van der Waals surface area contributed by atoms with E-state index in [2.05, 4.69) is 10.1 Å². The van der Waals surface area contributed by atoms with Gasteiger partial charge in [0, 0.05) is 6.42 Å². The maximum absolute atomic E-state index is 11.3. The lowest BCUT2D eigenvalue weighted by Gasteiger charge is -2.11. The van der Waals surface area contributed by atoms with Crippen LogP contribution in [0.3, 0.4) is 0 Å². The van der Waals surface area contributed by atoms with Crippen LogP contribution in [0.25, 0.3) is 0 Å². The van der Waals surface area contributed by atoms with Gasteiger partial charge in [0.1, 0.15) is 0 Å². The molecule has 1 N–H and O–H groups in total. The Hall–Kier alpha value is -1.39. The van der Waals surface area contributed by atoms with E-state index >= 15 is 0 Å². The third-order valence-corrected chi connectivity index (χ3v) is 1.72. The highest BCUT2D eigenvalue weighted by molar-refractivity contribution is 6.35. The van der Waals surface area contributed by atoms with Gasteiger partial charge in [-0.1, -0.05) is 20.8 Å². The monoisotopic (exact) mass is 245 g/mol. The first-order chi connectivity index (χ1) is 8.02. The fraction of sp³-hybridized carbons (Fsp3) is 0.750. The van der Waals surface area contributed by atoms with Crippen LogP contribution in [0.1, 0.15) is 47.5 Å². The van der Waals surface area contributed by atoms with Crippen LogP contribution in [0.2, 0.25) is 0 Å². The third-order valence-electron chi connectivity index (χ3n) is 1.72. The van der Waals surface area contributed by atoms with E-state index in [0.29, 0.717) is 12.8 Å². The lowest BCUT2D eigenvalue weighted by atomic mass is 10.2. The lowest BCUT2D eigenvalue weighted by Crippen LogP contribution is -2.42. The van der Waals surface area contributed by atoms with Crippen LogP contribution in [0.4, 0.5) is 0 Å². The summed E-state index contributed by atoms with van der Waals surface area (Å²) in [4.78, 5) is 33.4. The van der Waals surface area contributed by atoms with Crippen molar-refractivity contribution in [2.75, 3.05) is 6.61 Å². The predicted molar refractivity (Wildman–Crippen MR) is 65.5 cm³/mol. The number of hydrogen-bond acceptors (Lipinski definition) is 4. The summed E-state index contributed by atoms with van der Waals surface area (Å²) in [5.41, 5.74) is 0. The van der Waals surface area contributed by atoms with E-state index in [1.165, 1.54) is 6.92 Å². The van der Waals surface area contributed by atoms with Crippen LogP contribution in [0.15, 0.2) is 0 Å². The number of carbonyl (C=O) groups is 3. The molecule has 0 aliphatic carbocycles. The average Bonchev–Trinajstić information content (AvgIpc) is 2.31. The van der Waals surface area contributed by atoms with Gasteiger partial charge in [-0.3, -0.25) is 9.59 Å². The molecule has 0 saturated carbocycles. The van der Waals surface area contributed by atoms with Gasteiger partial charge in [-0.05, 0) is 20.3 Å². The Morgan fingerprint density at radius 1 is 1.18 bits per heavy atom. The summed E-state index contributed by atoms with van der Waals surface area (Å²) in [6.45, 7) is 9.09. The largest absolute Gasteiger partial charge is 0.460 e. The van der Waals surface area contributed by atoms with Gasteiger partial charge in [0.05, 0.1) is 12.6 Å². The van der Waals surface area contributed by atoms with Crippen molar-refractivity contribution >= 4 is 17.7 Å². The lowest BCUT2D eigenvalue weighted by molar-refractivity contribution is -0.154. The second-order valence-electron chi connectivity index (χ2n) is 3.12. The number of Topliss-reactive ketones (excluding diaryl/α,β-unsaturated/α-hetero) is 1. The van der Waals surface area contributed by atoms with E-state index in [1.807, 2.05) is 20.8 Å². The maximum atomic E-state index is 11.3. The number of amides is 1. The van der Waals surface area contributed by atoms with Crippen molar-refractivity contribution in [3.63, 3.8) is 0 Å². The van der Waals surface area contributed by atoms with E-state index in [9.17, 15) is 14.4 Å². The van der Waals surface area contributed by atoms with E-state index in [4.69, 9.17) is 0 Å². The van der Waals surface area contributed by atoms with E-state index in [1.54, 1.807) is 6.92 Å². The van der Waals surface area contributed by atoms with Gasteiger partial charge < -0.3 is 10.1 Å². The van der Waals surface area contributed by atoms with Crippen molar-refractivity contribution in [2.45, 2.75) is 53.5 Å². The summed E-state index contributed by atoms with van der Waals surface area (Å²) in [6.07, 6.45) is 1.05. The molecule has 0 heterocycles. The summed E-state index contributed by atoms with van der Waals surface area (Å²) in [6, 6.07) is -0.817. The van der Waals surface area contributed by atoms with Gasteiger partial charge in [0.25, 0.3) is 5.78 Å². The molecule has 0 radical (unpaired) electrons. The molecule has 0 saturated heterocycles. The smallest absolute Gasteiger partial charge is 0.376 e. The molecule has 5 heteroatoms. The molecule has 100 valence electrons. The molecular formula is C12H23NO4. The maximum Gasteiger partial charge on any atom is 0.376 e. The standard InChI is InChI=1S/C10H17NO4.C2H6/c1-4-6-8(12)11-7(3)9(13)10(14)15-5-2;1-2/h7H,4-6H2,1-3H3,(H,11,12);1-2H3. The number of rotatable bonds is 6. The Balaban J connectivity index is 0. The minimum atomic E-state index is -0.901. The van der Waals surface area contributed by atoms with E-state index in [0.717, 1.165) is 0 Å². The van der Waals surface area contributed by atoms with Gasteiger partial charge in [0.15, 0.2) is 0 Å². The SMILES string of the molecule is CC.CCCC(=O)NC(C)C(=O)C(=O)OCC. The number of ketones is 1. The Labute approximate surface area is 103 Å². The average molecular weight is 245 g/mol. The first kappa shape index (κ1) is 18.0. The molecule has 1 atom stereocenters. The van der Waals surface area contributed by atoms with Crippen LogP contribution in [0.5, 0.6) is 0 Å². The minimum absolute atomic E-state index is 0.153. The van der Waals surface area contributed by atoms with Crippen LogP contribution in [-0.2, 0) is 19.1 Å². The zero-order valence-corrected chi connectivity index (χ0v) is 11.3. The molecule has 1 amide bonds. The molecule has 17 heavy (non-hydrogen) atoms. The van der Waals surface area contributed by atoms with Crippen molar-refractivity contribution in [2.24, 2.45) is 0 Å². The first-order valence-electron chi connectivity index (χ1n) is 6.03. The predicted octanol–water partition coefficient (Wildman–Crippen LogP) is 1.45. The summed E-state index contributed by atoms with van der Waals surface area (Å²) in [5.74, 6) is -1.86. The molecule has 0 aromatic heterocycles. The Morgan fingerprint density at radius 3 is 2.12 bits per heavy atom. The topological polar surface area (TPSA) is 72.5 Å². The van der Waals surface area contributed by atoms with Gasteiger partial charge in [-0.15, -0.1) is 0 Å². The van der Waals surface area contributed by atoms with Gasteiger partial charge in [-0.25, -0.2) is 4.79 Å². The number of nitrogens with one attached hydrogen (secondary N) is 1. The highest BCUT2D eigenvalue weighted by Gasteiger charge is 2.23. The molecule has 0 bridgehead atoms. The third kappa shape index (κ3) is 8.42. The van der Waals surface area contributed by atoms with Crippen LogP contribution in [0, 0.1) is 0 Å². The molecule has 1 unspecified atom stereocenters.